The number of ether oxygens (including phenoxy) is 1. The summed E-state index contributed by atoms with van der Waals surface area (Å²) in [5, 5.41) is 2.61. The number of halogens is 4. The molecule has 0 saturated carbocycles. The van der Waals surface area contributed by atoms with Crippen molar-refractivity contribution in [1.82, 2.24) is 4.90 Å². The highest BCUT2D eigenvalue weighted by atomic mass is 35.5. The fraction of sp³-hybridized carbons (Fsp3) is 0.533. The number of nitrogens with zero attached hydrogens (tertiary/aromatic N) is 1. The van der Waals surface area contributed by atoms with Crippen LogP contribution in [0.4, 0.5) is 23.7 Å². The molecule has 2 unspecified atom stereocenters. The molecule has 10 heteroatoms. The lowest BCUT2D eigenvalue weighted by atomic mass is 10.2. The van der Waals surface area contributed by atoms with Crippen LogP contribution >= 0.6 is 11.6 Å². The Morgan fingerprint density at radius 2 is 2.20 bits per heavy atom. The summed E-state index contributed by atoms with van der Waals surface area (Å²) in [6.07, 6.45) is -4.46. The predicted octanol–water partition coefficient (Wildman–Crippen LogP) is 3.51. The molecule has 0 aliphatic carbocycles. The van der Waals surface area contributed by atoms with Gasteiger partial charge in [-0.15, -0.1) is 0 Å². The van der Waals surface area contributed by atoms with Gasteiger partial charge in [-0.1, -0.05) is 18.5 Å². The van der Waals surface area contributed by atoms with E-state index in [0.717, 1.165) is 0 Å². The molecule has 1 N–H and O–H groups in total. The number of anilines is 1. The average Bonchev–Trinajstić information content (AvgIpc) is 2.66. The van der Waals surface area contributed by atoms with Gasteiger partial charge in [-0.2, -0.15) is 13.2 Å². The van der Waals surface area contributed by atoms with Gasteiger partial charge in [-0.3, -0.25) is 4.21 Å². The second-order valence-electron chi connectivity index (χ2n) is 5.84. The van der Waals surface area contributed by atoms with E-state index in [1.54, 1.807) is 4.90 Å². The van der Waals surface area contributed by atoms with Gasteiger partial charge in [-0.05, 0) is 24.1 Å². The molecule has 5 nitrogen and oxygen atoms in total. The maximum atomic E-state index is 12.3. The number of carbonyl (C=O) groups is 1. The van der Waals surface area contributed by atoms with Crippen LogP contribution in [0.5, 0.6) is 5.75 Å². The van der Waals surface area contributed by atoms with E-state index in [0.29, 0.717) is 30.3 Å². The van der Waals surface area contributed by atoms with Gasteiger partial charge in [-0.25, -0.2) is 4.79 Å². The molecule has 1 aliphatic heterocycles. The normalized spacial score (nSPS) is 21.6. The van der Waals surface area contributed by atoms with Crippen molar-refractivity contribution >= 4 is 34.1 Å². The van der Waals surface area contributed by atoms with E-state index in [9.17, 15) is 22.2 Å². The van der Waals surface area contributed by atoms with Crippen LogP contribution in [0.25, 0.3) is 0 Å². The molecule has 1 aliphatic rings. The summed E-state index contributed by atoms with van der Waals surface area (Å²) >= 11 is 5.90. The molecule has 0 spiro atoms. The quantitative estimate of drug-likeness (QED) is 0.847. The summed E-state index contributed by atoms with van der Waals surface area (Å²) < 4.78 is 52.8. The van der Waals surface area contributed by atoms with Crippen LogP contribution in [0.15, 0.2) is 18.2 Å². The molecule has 1 fully saturated rings. The molecule has 0 bridgehead atoms. The highest BCUT2D eigenvalue weighted by molar-refractivity contribution is 7.85. The molecule has 0 aromatic heterocycles. The summed E-state index contributed by atoms with van der Waals surface area (Å²) in [4.78, 5) is 13.9. The Balaban J connectivity index is 1.99. The number of hydrogen-bond acceptors (Lipinski definition) is 3. The first-order valence-corrected chi connectivity index (χ1v) is 9.40. The largest absolute Gasteiger partial charge is 0.483 e. The molecule has 2 amide bonds. The number of urea groups is 1. The first-order valence-electron chi connectivity index (χ1n) is 7.54. The predicted molar refractivity (Wildman–Crippen MR) is 90.6 cm³/mol. The second-order valence-corrected chi connectivity index (χ2v) is 7.87. The van der Waals surface area contributed by atoms with Crippen molar-refractivity contribution in [2.75, 3.05) is 36.5 Å². The Morgan fingerprint density at radius 3 is 2.84 bits per heavy atom. The van der Waals surface area contributed by atoms with E-state index in [4.69, 9.17) is 11.6 Å². The van der Waals surface area contributed by atoms with Gasteiger partial charge in [0.25, 0.3) is 0 Å². The Bertz CT molecular complexity index is 657. The number of alkyl halides is 3. The Hall–Kier alpha value is -1.48. The molecule has 1 saturated heterocycles. The Kier molecular flexibility index (Phi) is 6.56. The van der Waals surface area contributed by atoms with Crippen LogP contribution in [-0.2, 0) is 10.8 Å². The molecule has 1 heterocycles. The second kappa shape index (κ2) is 8.27. The first kappa shape index (κ1) is 19.8. The van der Waals surface area contributed by atoms with Gasteiger partial charge >= 0.3 is 12.2 Å². The fourth-order valence-corrected chi connectivity index (χ4v) is 3.94. The number of nitrogens with one attached hydrogen (secondary N) is 1. The molecule has 0 radical (unpaired) electrons. The molecule has 140 valence electrons. The summed E-state index contributed by atoms with van der Waals surface area (Å²) in [6.45, 7) is 1.34. The fourth-order valence-electron chi connectivity index (χ4n) is 2.38. The summed E-state index contributed by atoms with van der Waals surface area (Å²) in [6, 6.07) is 3.63. The lowest BCUT2D eigenvalue weighted by Crippen LogP contribution is -2.38. The molecule has 2 atom stereocenters. The number of rotatable bonds is 3. The van der Waals surface area contributed by atoms with Crippen LogP contribution in [0.3, 0.4) is 0 Å². The maximum absolute atomic E-state index is 12.3. The van der Waals surface area contributed by atoms with Crippen LogP contribution in [-0.4, -0.2) is 52.5 Å². The minimum Gasteiger partial charge on any atom is -0.483 e. The standard InChI is InChI=1S/C15H18ClF3N2O3S/c1-10-7-21(4-5-25(23)8-10)14(22)20-11-2-3-13(12(16)6-11)24-9-15(17,18)19/h2-3,6,10H,4-5,7-9H2,1H3,(H,20,22). The lowest BCUT2D eigenvalue weighted by molar-refractivity contribution is -0.153. The van der Waals surface area contributed by atoms with E-state index >= 15 is 0 Å². The average molecular weight is 399 g/mol. The third-order valence-electron chi connectivity index (χ3n) is 3.45. The maximum Gasteiger partial charge on any atom is 0.422 e. The third kappa shape index (κ3) is 6.39. The number of carbonyl (C=O) groups excluding carboxylic acids is 1. The molecule has 2 rings (SSSR count). The van der Waals surface area contributed by atoms with E-state index in [-0.39, 0.29) is 22.7 Å². The smallest absolute Gasteiger partial charge is 0.422 e. The van der Waals surface area contributed by atoms with Crippen LogP contribution < -0.4 is 10.1 Å². The Labute approximate surface area is 150 Å². The summed E-state index contributed by atoms with van der Waals surface area (Å²) in [5.41, 5.74) is 0.340. The van der Waals surface area contributed by atoms with Crippen molar-refractivity contribution in [2.24, 2.45) is 5.92 Å². The van der Waals surface area contributed by atoms with E-state index in [1.165, 1.54) is 18.2 Å². The molecule has 1 aromatic carbocycles. The number of amides is 2. The van der Waals surface area contributed by atoms with Crippen LogP contribution in [0.2, 0.25) is 5.02 Å². The van der Waals surface area contributed by atoms with Crippen molar-refractivity contribution in [3.63, 3.8) is 0 Å². The van der Waals surface area contributed by atoms with Gasteiger partial charge in [0.15, 0.2) is 6.61 Å². The third-order valence-corrected chi connectivity index (χ3v) is 5.33. The molecular formula is C15H18ClF3N2O3S. The van der Waals surface area contributed by atoms with E-state index < -0.39 is 23.6 Å². The Morgan fingerprint density at radius 1 is 1.48 bits per heavy atom. The van der Waals surface area contributed by atoms with Crippen molar-refractivity contribution in [3.05, 3.63) is 23.2 Å². The molecule has 1 aromatic rings. The molecular weight excluding hydrogens is 381 g/mol. The van der Waals surface area contributed by atoms with Crippen LogP contribution in [0.1, 0.15) is 6.92 Å². The topological polar surface area (TPSA) is 58.6 Å². The van der Waals surface area contributed by atoms with E-state index in [1.807, 2.05) is 6.92 Å². The number of benzene rings is 1. The van der Waals surface area contributed by atoms with Gasteiger partial charge in [0.1, 0.15) is 5.75 Å². The van der Waals surface area contributed by atoms with Gasteiger partial charge < -0.3 is 15.0 Å². The zero-order valence-corrected chi connectivity index (χ0v) is 15.0. The van der Waals surface area contributed by atoms with Crippen molar-refractivity contribution in [1.29, 1.82) is 0 Å². The minimum atomic E-state index is -4.46. The van der Waals surface area contributed by atoms with E-state index in [2.05, 4.69) is 10.1 Å². The monoisotopic (exact) mass is 398 g/mol. The zero-order valence-electron chi connectivity index (χ0n) is 13.4. The van der Waals surface area contributed by atoms with Gasteiger partial charge in [0.05, 0.1) is 5.02 Å². The zero-order chi connectivity index (χ0) is 18.6. The molecule has 25 heavy (non-hydrogen) atoms. The first-order chi connectivity index (χ1) is 11.6. The number of hydrogen-bond donors (Lipinski definition) is 1. The van der Waals surface area contributed by atoms with Crippen LogP contribution in [0, 0.1) is 5.92 Å². The van der Waals surface area contributed by atoms with Crippen molar-refractivity contribution < 1.29 is 26.9 Å². The summed E-state index contributed by atoms with van der Waals surface area (Å²) in [7, 11) is -0.939. The highest BCUT2D eigenvalue weighted by Crippen LogP contribution is 2.29. The summed E-state index contributed by atoms with van der Waals surface area (Å²) in [5.74, 6) is 0.982. The van der Waals surface area contributed by atoms with Gasteiger partial charge in [0, 0.05) is 41.1 Å². The minimum absolute atomic E-state index is 0.0348. The highest BCUT2D eigenvalue weighted by Gasteiger charge is 2.29. The SMILES string of the molecule is CC1CN(C(=O)Nc2ccc(OCC(F)(F)F)c(Cl)c2)CCS(=O)C1. The van der Waals surface area contributed by atoms with Gasteiger partial charge in [0.2, 0.25) is 0 Å². The van der Waals surface area contributed by atoms with Crippen molar-refractivity contribution in [3.8, 4) is 5.75 Å². The van der Waals surface area contributed by atoms with Crippen molar-refractivity contribution in [2.45, 2.75) is 13.1 Å². The lowest BCUT2D eigenvalue weighted by Gasteiger charge is -2.22.